The van der Waals surface area contributed by atoms with E-state index >= 15 is 0 Å². The lowest BCUT2D eigenvalue weighted by molar-refractivity contribution is 0.100. The molecule has 0 spiro atoms. The number of nitrogens with one attached hydrogen (secondary N) is 1. The molecule has 8 heteroatoms. The molecule has 1 saturated carbocycles. The Morgan fingerprint density at radius 3 is 2.92 bits per heavy atom. The van der Waals surface area contributed by atoms with E-state index in [2.05, 4.69) is 26.2 Å². The van der Waals surface area contributed by atoms with E-state index in [1.165, 1.54) is 19.0 Å². The van der Waals surface area contributed by atoms with Crippen molar-refractivity contribution in [3.63, 3.8) is 0 Å². The van der Waals surface area contributed by atoms with Gasteiger partial charge in [-0.3, -0.25) is 4.79 Å². The van der Waals surface area contributed by atoms with Gasteiger partial charge in [0.1, 0.15) is 17.0 Å². The number of amides is 1. The maximum atomic E-state index is 11.7. The summed E-state index contributed by atoms with van der Waals surface area (Å²) in [7, 11) is 1.80. The fraction of sp³-hybridized carbons (Fsp3) is 0.222. The predicted molar refractivity (Wildman–Crippen MR) is 98.0 cm³/mol. The van der Waals surface area contributed by atoms with Gasteiger partial charge in [-0.1, -0.05) is 0 Å². The third-order valence-electron chi connectivity index (χ3n) is 4.80. The van der Waals surface area contributed by atoms with Crippen LogP contribution in [-0.2, 0) is 0 Å². The minimum absolute atomic E-state index is 0.299. The highest BCUT2D eigenvalue weighted by atomic mass is 16.1. The molecule has 4 heterocycles. The molecule has 0 unspecified atom stereocenters. The Kier molecular flexibility index (Phi) is 3.03. The Hall–Kier alpha value is -3.42. The first kappa shape index (κ1) is 14.9. The van der Waals surface area contributed by atoms with Gasteiger partial charge in [-0.25, -0.2) is 9.97 Å². The molecule has 8 nitrogen and oxygen atoms in total. The van der Waals surface area contributed by atoms with Crippen molar-refractivity contribution >= 4 is 28.4 Å². The highest BCUT2D eigenvalue weighted by molar-refractivity contribution is 6.00. The van der Waals surface area contributed by atoms with E-state index in [-0.39, 0.29) is 0 Å². The highest BCUT2D eigenvalue weighted by Gasteiger charge is 2.27. The van der Waals surface area contributed by atoms with Gasteiger partial charge in [-0.15, -0.1) is 0 Å². The van der Waals surface area contributed by atoms with Gasteiger partial charge in [-0.05, 0) is 25.0 Å². The van der Waals surface area contributed by atoms with Crippen molar-refractivity contribution in [2.75, 3.05) is 12.4 Å². The molecule has 0 atom stereocenters. The third-order valence-corrected chi connectivity index (χ3v) is 4.80. The van der Waals surface area contributed by atoms with Gasteiger partial charge >= 0.3 is 0 Å². The molecule has 4 aromatic rings. The second-order valence-electron chi connectivity index (χ2n) is 6.49. The average Bonchev–Trinajstić information content (AvgIpc) is 3.28. The summed E-state index contributed by atoms with van der Waals surface area (Å²) in [6.07, 6.45) is 7.70. The molecule has 0 radical (unpaired) electrons. The summed E-state index contributed by atoms with van der Waals surface area (Å²) in [6, 6.07) is 6.40. The second-order valence-corrected chi connectivity index (χ2v) is 6.49. The summed E-state index contributed by atoms with van der Waals surface area (Å²) in [4.78, 5) is 21.0. The molecule has 4 aromatic heterocycles. The van der Waals surface area contributed by atoms with E-state index in [1.807, 2.05) is 24.4 Å². The molecule has 1 aliphatic carbocycles. The molecular weight excluding hydrogens is 330 g/mol. The summed E-state index contributed by atoms with van der Waals surface area (Å²) < 4.78 is 3.81. The fourth-order valence-corrected chi connectivity index (χ4v) is 3.37. The number of pyridine rings is 1. The topological polar surface area (TPSA) is 103 Å². The van der Waals surface area contributed by atoms with Crippen LogP contribution < -0.4 is 11.1 Å². The van der Waals surface area contributed by atoms with Crippen LogP contribution in [0.15, 0.2) is 36.8 Å². The monoisotopic (exact) mass is 347 g/mol. The lowest BCUT2D eigenvalue weighted by Crippen LogP contribution is -2.11. The number of carbonyl (C=O) groups excluding carboxylic acids is 1. The smallest absolute Gasteiger partial charge is 0.254 e. The van der Waals surface area contributed by atoms with E-state index in [4.69, 9.17) is 10.7 Å². The van der Waals surface area contributed by atoms with Gasteiger partial charge < -0.3 is 15.6 Å². The third kappa shape index (κ3) is 2.08. The SMILES string of the molecule is CNc1cc(-c2cn(C3CC3)c3ncccc23)nc2c(C(N)=O)cnn12. The number of hydrogen-bond acceptors (Lipinski definition) is 5. The number of aromatic nitrogens is 5. The minimum atomic E-state index is -0.547. The number of rotatable bonds is 4. The van der Waals surface area contributed by atoms with Gasteiger partial charge in [0.15, 0.2) is 5.65 Å². The van der Waals surface area contributed by atoms with E-state index < -0.39 is 5.91 Å². The fourth-order valence-electron chi connectivity index (χ4n) is 3.37. The second kappa shape index (κ2) is 5.29. The summed E-state index contributed by atoms with van der Waals surface area (Å²) in [5, 5.41) is 8.37. The number of anilines is 1. The zero-order valence-corrected chi connectivity index (χ0v) is 14.2. The summed E-state index contributed by atoms with van der Waals surface area (Å²) >= 11 is 0. The Morgan fingerprint density at radius 2 is 2.19 bits per heavy atom. The maximum absolute atomic E-state index is 11.7. The predicted octanol–water partition coefficient (Wildman–Crippen LogP) is 2.22. The van der Waals surface area contributed by atoms with Crippen LogP contribution in [-0.4, -0.2) is 37.1 Å². The van der Waals surface area contributed by atoms with E-state index in [9.17, 15) is 4.79 Å². The Bertz CT molecular complexity index is 1170. The van der Waals surface area contributed by atoms with Gasteiger partial charge in [-0.2, -0.15) is 9.61 Å². The number of primary amides is 1. The van der Waals surface area contributed by atoms with Crippen LogP contribution in [0.3, 0.4) is 0 Å². The number of hydrogen-bond donors (Lipinski definition) is 2. The molecule has 130 valence electrons. The molecule has 0 saturated heterocycles. The quantitative estimate of drug-likeness (QED) is 0.589. The van der Waals surface area contributed by atoms with Crippen molar-refractivity contribution in [2.45, 2.75) is 18.9 Å². The van der Waals surface area contributed by atoms with E-state index in [0.29, 0.717) is 17.3 Å². The van der Waals surface area contributed by atoms with Gasteiger partial charge in [0, 0.05) is 42.5 Å². The molecule has 3 N–H and O–H groups in total. The zero-order chi connectivity index (χ0) is 17.8. The molecule has 0 bridgehead atoms. The number of carbonyl (C=O) groups is 1. The Balaban J connectivity index is 1.80. The lowest BCUT2D eigenvalue weighted by Gasteiger charge is -2.07. The van der Waals surface area contributed by atoms with Crippen molar-refractivity contribution in [2.24, 2.45) is 5.73 Å². The van der Waals surface area contributed by atoms with Crippen molar-refractivity contribution in [3.05, 3.63) is 42.4 Å². The van der Waals surface area contributed by atoms with Gasteiger partial charge in [0.05, 0.1) is 11.9 Å². The average molecular weight is 347 g/mol. The van der Waals surface area contributed by atoms with Crippen LogP contribution >= 0.6 is 0 Å². The molecule has 0 aliphatic heterocycles. The van der Waals surface area contributed by atoms with Crippen LogP contribution in [0, 0.1) is 0 Å². The first-order chi connectivity index (χ1) is 12.7. The molecule has 0 aromatic carbocycles. The molecule has 1 amide bonds. The van der Waals surface area contributed by atoms with Crippen LogP contribution in [0.2, 0.25) is 0 Å². The van der Waals surface area contributed by atoms with Crippen molar-refractivity contribution < 1.29 is 4.79 Å². The molecular formula is C18H17N7O. The molecule has 1 aliphatic rings. The number of fused-ring (bicyclic) bond motifs is 2. The summed E-state index contributed by atoms with van der Waals surface area (Å²) in [5.74, 6) is 0.183. The van der Waals surface area contributed by atoms with Crippen LogP contribution in [0.5, 0.6) is 0 Å². The van der Waals surface area contributed by atoms with Gasteiger partial charge in [0.2, 0.25) is 0 Å². The van der Waals surface area contributed by atoms with Crippen LogP contribution in [0.1, 0.15) is 29.2 Å². The molecule has 1 fully saturated rings. The Morgan fingerprint density at radius 1 is 1.35 bits per heavy atom. The minimum Gasteiger partial charge on any atom is -0.373 e. The van der Waals surface area contributed by atoms with Crippen LogP contribution in [0.25, 0.3) is 27.9 Å². The molecule has 26 heavy (non-hydrogen) atoms. The number of nitrogens with two attached hydrogens (primary N) is 1. The lowest BCUT2D eigenvalue weighted by atomic mass is 10.1. The Labute approximate surface area is 148 Å². The molecule has 5 rings (SSSR count). The van der Waals surface area contributed by atoms with Crippen molar-refractivity contribution in [3.8, 4) is 11.3 Å². The van der Waals surface area contributed by atoms with Crippen LogP contribution in [0.4, 0.5) is 5.82 Å². The largest absolute Gasteiger partial charge is 0.373 e. The summed E-state index contributed by atoms with van der Waals surface area (Å²) in [6.45, 7) is 0. The van der Waals surface area contributed by atoms with Crippen molar-refractivity contribution in [1.29, 1.82) is 0 Å². The zero-order valence-electron chi connectivity index (χ0n) is 14.2. The van der Waals surface area contributed by atoms with E-state index in [1.54, 1.807) is 11.6 Å². The van der Waals surface area contributed by atoms with Crippen molar-refractivity contribution in [1.82, 2.24) is 24.1 Å². The first-order valence-electron chi connectivity index (χ1n) is 8.49. The normalized spacial score (nSPS) is 14.2. The number of nitrogens with zero attached hydrogens (tertiary/aromatic N) is 5. The van der Waals surface area contributed by atoms with Gasteiger partial charge in [0.25, 0.3) is 5.91 Å². The first-order valence-corrected chi connectivity index (χ1v) is 8.49. The standard InChI is InChI=1S/C18H17N7O/c1-20-15-7-14(23-18-12(16(19)26)8-22-25(15)18)13-9-24(10-4-5-10)17-11(13)3-2-6-21-17/h2-3,6-10,20H,4-5H2,1H3,(H2,19,26). The summed E-state index contributed by atoms with van der Waals surface area (Å²) in [5.41, 5.74) is 8.91. The van der Waals surface area contributed by atoms with E-state index in [0.717, 1.165) is 28.1 Å². The maximum Gasteiger partial charge on any atom is 0.254 e. The highest BCUT2D eigenvalue weighted by Crippen LogP contribution is 2.40.